The van der Waals surface area contributed by atoms with Crippen LogP contribution < -0.4 is 10.0 Å². The Morgan fingerprint density at radius 3 is 1.88 bits per heavy atom. The molecule has 0 bridgehead atoms. The number of amides is 2. The fourth-order valence-electron chi connectivity index (χ4n) is 2.40. The van der Waals surface area contributed by atoms with Gasteiger partial charge in [0.15, 0.2) is 0 Å². The number of sulfonamides is 1. The average Bonchev–Trinajstić information content (AvgIpc) is 2.55. The lowest BCUT2D eigenvalue weighted by atomic mass is 10.1. The molecule has 7 heteroatoms. The van der Waals surface area contributed by atoms with E-state index in [1.54, 1.807) is 6.92 Å². The van der Waals surface area contributed by atoms with Crippen LogP contribution in [0.1, 0.15) is 53.4 Å². The standard InChI is InChI=1S/C18H28N2O4S/c1-5-7-13(3)17(21)19-15-9-11-16(12-10-15)25(23,24)20-18(22)14(4)8-6-2/h9-14H,5-8H2,1-4H3,(H,19,21)(H,20,22)/t13-,14+/m0/s1. The van der Waals surface area contributed by atoms with Gasteiger partial charge in [-0.05, 0) is 37.1 Å². The Morgan fingerprint density at radius 1 is 0.920 bits per heavy atom. The second-order valence-electron chi connectivity index (χ2n) is 6.36. The molecule has 2 atom stereocenters. The molecule has 0 aromatic heterocycles. The van der Waals surface area contributed by atoms with Gasteiger partial charge in [-0.15, -0.1) is 0 Å². The number of carbonyl (C=O) groups is 2. The van der Waals surface area contributed by atoms with Crippen LogP contribution in [0.3, 0.4) is 0 Å². The fraction of sp³-hybridized carbons (Fsp3) is 0.556. The van der Waals surface area contributed by atoms with Crippen molar-refractivity contribution >= 4 is 27.5 Å². The molecular weight excluding hydrogens is 340 g/mol. The van der Waals surface area contributed by atoms with Gasteiger partial charge in [0.2, 0.25) is 11.8 Å². The van der Waals surface area contributed by atoms with E-state index in [1.165, 1.54) is 24.3 Å². The molecule has 6 nitrogen and oxygen atoms in total. The van der Waals surface area contributed by atoms with Crippen LogP contribution in [-0.2, 0) is 19.6 Å². The van der Waals surface area contributed by atoms with E-state index in [2.05, 4.69) is 10.0 Å². The van der Waals surface area contributed by atoms with Crippen molar-refractivity contribution in [1.29, 1.82) is 0 Å². The molecule has 0 spiro atoms. The molecule has 25 heavy (non-hydrogen) atoms. The van der Waals surface area contributed by atoms with Crippen molar-refractivity contribution in [2.24, 2.45) is 11.8 Å². The van der Waals surface area contributed by atoms with Gasteiger partial charge < -0.3 is 5.32 Å². The van der Waals surface area contributed by atoms with Gasteiger partial charge >= 0.3 is 0 Å². The minimum absolute atomic E-state index is 0.0100. The van der Waals surface area contributed by atoms with Gasteiger partial charge in [-0.1, -0.05) is 40.5 Å². The van der Waals surface area contributed by atoms with Crippen molar-refractivity contribution in [3.63, 3.8) is 0 Å². The fourth-order valence-corrected chi connectivity index (χ4v) is 3.48. The van der Waals surface area contributed by atoms with Crippen molar-refractivity contribution in [3.05, 3.63) is 24.3 Å². The Hall–Kier alpha value is -1.89. The minimum atomic E-state index is -3.91. The molecule has 0 aliphatic rings. The molecule has 0 saturated carbocycles. The normalized spacial score (nSPS) is 13.8. The number of hydrogen-bond acceptors (Lipinski definition) is 4. The van der Waals surface area contributed by atoms with Gasteiger partial charge in [0, 0.05) is 17.5 Å². The predicted molar refractivity (Wildman–Crippen MR) is 98.5 cm³/mol. The van der Waals surface area contributed by atoms with E-state index in [9.17, 15) is 18.0 Å². The van der Waals surface area contributed by atoms with Gasteiger partial charge in [-0.2, -0.15) is 0 Å². The van der Waals surface area contributed by atoms with Gasteiger partial charge in [0.05, 0.1) is 4.90 Å². The molecule has 1 rings (SSSR count). The van der Waals surface area contributed by atoms with Crippen LogP contribution >= 0.6 is 0 Å². The summed E-state index contributed by atoms with van der Waals surface area (Å²) in [5.74, 6) is -1.07. The first-order chi connectivity index (χ1) is 11.7. The molecule has 0 saturated heterocycles. The SMILES string of the molecule is CCC[C@@H](C)C(=O)NS(=O)(=O)c1ccc(NC(=O)[C@@H](C)CCC)cc1. The highest BCUT2D eigenvalue weighted by atomic mass is 32.2. The first kappa shape index (κ1) is 21.2. The minimum Gasteiger partial charge on any atom is -0.326 e. The Bertz CT molecular complexity index is 684. The van der Waals surface area contributed by atoms with E-state index in [-0.39, 0.29) is 22.6 Å². The van der Waals surface area contributed by atoms with E-state index < -0.39 is 15.9 Å². The Kier molecular flexibility index (Phi) is 8.09. The lowest BCUT2D eigenvalue weighted by Gasteiger charge is -2.13. The van der Waals surface area contributed by atoms with E-state index in [4.69, 9.17) is 0 Å². The number of carbonyl (C=O) groups excluding carboxylic acids is 2. The number of benzene rings is 1. The van der Waals surface area contributed by atoms with Gasteiger partial charge in [0.1, 0.15) is 0 Å². The molecule has 0 heterocycles. The highest BCUT2D eigenvalue weighted by molar-refractivity contribution is 7.90. The monoisotopic (exact) mass is 368 g/mol. The first-order valence-electron chi connectivity index (χ1n) is 8.68. The highest BCUT2D eigenvalue weighted by Gasteiger charge is 2.21. The summed E-state index contributed by atoms with van der Waals surface area (Å²) < 4.78 is 26.6. The third kappa shape index (κ3) is 6.49. The third-order valence-electron chi connectivity index (χ3n) is 4.01. The van der Waals surface area contributed by atoms with E-state index in [0.29, 0.717) is 12.1 Å². The first-order valence-corrected chi connectivity index (χ1v) is 10.2. The molecule has 0 aliphatic carbocycles. The quantitative estimate of drug-likeness (QED) is 0.699. The summed E-state index contributed by atoms with van der Waals surface area (Å²) in [5.41, 5.74) is 0.526. The van der Waals surface area contributed by atoms with Gasteiger partial charge in [-0.3, -0.25) is 9.59 Å². The zero-order valence-electron chi connectivity index (χ0n) is 15.3. The Balaban J connectivity index is 2.77. The highest BCUT2D eigenvalue weighted by Crippen LogP contribution is 2.16. The molecule has 0 radical (unpaired) electrons. The summed E-state index contributed by atoms with van der Waals surface area (Å²) in [7, 11) is -3.91. The van der Waals surface area contributed by atoms with Gasteiger partial charge in [-0.25, -0.2) is 13.1 Å². The summed E-state index contributed by atoms with van der Waals surface area (Å²) in [6.07, 6.45) is 3.14. The molecule has 140 valence electrons. The van der Waals surface area contributed by atoms with Gasteiger partial charge in [0.25, 0.3) is 10.0 Å². The van der Waals surface area contributed by atoms with Crippen LogP contribution in [0.15, 0.2) is 29.2 Å². The third-order valence-corrected chi connectivity index (χ3v) is 5.37. The van der Waals surface area contributed by atoms with E-state index in [1.807, 2.05) is 20.8 Å². The maximum atomic E-state index is 12.3. The second-order valence-corrected chi connectivity index (χ2v) is 8.05. The summed E-state index contributed by atoms with van der Waals surface area (Å²) in [5, 5.41) is 2.76. The smallest absolute Gasteiger partial charge is 0.264 e. The summed E-state index contributed by atoms with van der Waals surface area (Å²) in [4.78, 5) is 23.9. The molecule has 0 aliphatic heterocycles. The van der Waals surface area contributed by atoms with Crippen molar-refractivity contribution in [3.8, 4) is 0 Å². The van der Waals surface area contributed by atoms with E-state index in [0.717, 1.165) is 19.3 Å². The molecule has 2 N–H and O–H groups in total. The zero-order chi connectivity index (χ0) is 19.0. The Morgan fingerprint density at radius 2 is 1.40 bits per heavy atom. The second kappa shape index (κ2) is 9.56. The number of nitrogens with one attached hydrogen (secondary N) is 2. The van der Waals surface area contributed by atoms with Crippen molar-refractivity contribution < 1.29 is 18.0 Å². The van der Waals surface area contributed by atoms with Crippen molar-refractivity contribution in [2.45, 2.75) is 58.3 Å². The Labute approximate surface area is 150 Å². The number of rotatable bonds is 9. The van der Waals surface area contributed by atoms with Crippen LogP contribution in [0.5, 0.6) is 0 Å². The maximum absolute atomic E-state index is 12.3. The van der Waals surface area contributed by atoms with Crippen LogP contribution in [0.2, 0.25) is 0 Å². The largest absolute Gasteiger partial charge is 0.326 e. The van der Waals surface area contributed by atoms with E-state index >= 15 is 0 Å². The molecule has 0 fully saturated rings. The van der Waals surface area contributed by atoms with Crippen LogP contribution in [0.4, 0.5) is 5.69 Å². The van der Waals surface area contributed by atoms with Crippen molar-refractivity contribution in [2.75, 3.05) is 5.32 Å². The molecule has 2 amide bonds. The van der Waals surface area contributed by atoms with Crippen LogP contribution in [0.25, 0.3) is 0 Å². The van der Waals surface area contributed by atoms with Crippen molar-refractivity contribution in [1.82, 2.24) is 4.72 Å². The summed E-state index contributed by atoms with van der Waals surface area (Å²) in [6.45, 7) is 7.50. The molecular formula is C18H28N2O4S. The molecule has 0 unspecified atom stereocenters. The summed E-state index contributed by atoms with van der Waals surface area (Å²) in [6, 6.07) is 5.79. The van der Waals surface area contributed by atoms with Crippen LogP contribution in [0, 0.1) is 11.8 Å². The lowest BCUT2D eigenvalue weighted by molar-refractivity contribution is -0.123. The summed E-state index contributed by atoms with van der Waals surface area (Å²) >= 11 is 0. The lowest BCUT2D eigenvalue weighted by Crippen LogP contribution is -2.34. The zero-order valence-corrected chi connectivity index (χ0v) is 16.2. The van der Waals surface area contributed by atoms with Crippen LogP contribution in [-0.4, -0.2) is 20.2 Å². The predicted octanol–water partition coefficient (Wildman–Crippen LogP) is 3.30. The molecule has 1 aromatic rings. The number of anilines is 1. The molecule has 1 aromatic carbocycles. The maximum Gasteiger partial charge on any atom is 0.264 e. The number of hydrogen-bond donors (Lipinski definition) is 2. The average molecular weight is 368 g/mol. The topological polar surface area (TPSA) is 92.3 Å².